The number of hydrogen-bond donors (Lipinski definition) is 0. The molecule has 0 fully saturated rings. The largest absolute Gasteiger partial charge is 0.0613 e. The number of hydrogen-bond acceptors (Lipinski definition) is 0. The quantitative estimate of drug-likeness (QED) is 0.673. The molecule has 2 aromatic carbocycles. The number of rotatable bonds is 1. The highest BCUT2D eigenvalue weighted by Crippen LogP contribution is 2.36. The van der Waals surface area contributed by atoms with Crippen LogP contribution >= 0.6 is 15.9 Å². The minimum Gasteiger partial charge on any atom is -0.0613 e. The number of benzene rings is 2. The van der Waals surface area contributed by atoms with E-state index in [9.17, 15) is 0 Å². The highest BCUT2D eigenvalue weighted by molar-refractivity contribution is 9.11. The average Bonchev–Trinajstić information content (AvgIpc) is 2.67. The van der Waals surface area contributed by atoms with Crippen molar-refractivity contribution < 1.29 is 0 Å². The van der Waals surface area contributed by atoms with Crippen LogP contribution in [0.3, 0.4) is 0 Å². The van der Waals surface area contributed by atoms with Crippen molar-refractivity contribution >= 4 is 22.0 Å². The Hall–Kier alpha value is -1.34. The highest BCUT2D eigenvalue weighted by atomic mass is 79.9. The number of allylic oxidation sites excluding steroid dienone is 1. The molecule has 3 rings (SSSR count). The molecular formula is C17H15Br. The molecule has 0 aromatic heterocycles. The smallest absolute Gasteiger partial charge is 0.00470 e. The van der Waals surface area contributed by atoms with E-state index < -0.39 is 0 Å². The summed E-state index contributed by atoms with van der Waals surface area (Å²) in [4.78, 5) is 0. The molecule has 0 nitrogen and oxygen atoms in total. The first-order chi connectivity index (χ1) is 8.63. The summed E-state index contributed by atoms with van der Waals surface area (Å²) in [6.45, 7) is 4.32. The molecule has 18 heavy (non-hydrogen) atoms. The highest BCUT2D eigenvalue weighted by Gasteiger charge is 2.15. The Balaban J connectivity index is 2.21. The Bertz CT molecular complexity index is 630. The molecule has 0 unspecified atom stereocenters. The van der Waals surface area contributed by atoms with Gasteiger partial charge in [-0.15, -0.1) is 0 Å². The van der Waals surface area contributed by atoms with Crippen molar-refractivity contribution in [3.05, 3.63) is 63.1 Å². The molecule has 0 saturated carbocycles. The molecule has 0 bridgehead atoms. The van der Waals surface area contributed by atoms with E-state index in [4.69, 9.17) is 0 Å². The standard InChI is InChI=1S/C17H15Br/c1-11-6-12(2)8-14(7-11)16-5-3-4-13-9-15(18)10-17(13)16/h3-8,10H,9H2,1-2H3. The molecule has 1 heteroatoms. The van der Waals surface area contributed by atoms with E-state index in [1.165, 1.54) is 37.9 Å². The molecule has 0 heterocycles. The molecule has 1 aliphatic carbocycles. The van der Waals surface area contributed by atoms with Gasteiger partial charge < -0.3 is 0 Å². The maximum atomic E-state index is 3.62. The van der Waals surface area contributed by atoms with Gasteiger partial charge in [-0.2, -0.15) is 0 Å². The van der Waals surface area contributed by atoms with Crippen LogP contribution in [0.1, 0.15) is 22.3 Å². The van der Waals surface area contributed by atoms with E-state index in [1.54, 1.807) is 0 Å². The van der Waals surface area contributed by atoms with E-state index in [2.05, 4.69) is 72.3 Å². The zero-order chi connectivity index (χ0) is 12.7. The molecule has 90 valence electrons. The maximum Gasteiger partial charge on any atom is 0.00470 e. The van der Waals surface area contributed by atoms with E-state index >= 15 is 0 Å². The van der Waals surface area contributed by atoms with Crippen molar-refractivity contribution in [1.82, 2.24) is 0 Å². The molecule has 0 saturated heterocycles. The number of aryl methyl sites for hydroxylation is 2. The zero-order valence-electron chi connectivity index (χ0n) is 10.6. The Morgan fingerprint density at radius 2 is 1.72 bits per heavy atom. The van der Waals surface area contributed by atoms with Crippen LogP contribution in [0.4, 0.5) is 0 Å². The summed E-state index contributed by atoms with van der Waals surface area (Å²) in [5.74, 6) is 0. The second-order valence-corrected chi connectivity index (χ2v) is 6.04. The Labute approximate surface area is 116 Å². The van der Waals surface area contributed by atoms with E-state index in [0.717, 1.165) is 6.42 Å². The van der Waals surface area contributed by atoms with Crippen molar-refractivity contribution in [3.8, 4) is 11.1 Å². The summed E-state index contributed by atoms with van der Waals surface area (Å²) in [6.07, 6.45) is 3.27. The van der Waals surface area contributed by atoms with Gasteiger partial charge in [0.15, 0.2) is 0 Å². The second kappa shape index (κ2) is 4.40. The van der Waals surface area contributed by atoms with Crippen LogP contribution in [0.5, 0.6) is 0 Å². The van der Waals surface area contributed by atoms with Crippen LogP contribution in [-0.2, 0) is 6.42 Å². The summed E-state index contributed by atoms with van der Waals surface area (Å²) in [5, 5.41) is 0. The molecule has 1 aliphatic rings. The summed E-state index contributed by atoms with van der Waals surface area (Å²) in [6, 6.07) is 13.3. The second-order valence-electron chi connectivity index (χ2n) is 5.02. The van der Waals surface area contributed by atoms with Crippen LogP contribution in [0, 0.1) is 13.8 Å². The minimum atomic E-state index is 1.02. The van der Waals surface area contributed by atoms with E-state index in [1.807, 2.05) is 0 Å². The first-order valence-corrected chi connectivity index (χ1v) is 6.99. The van der Waals surface area contributed by atoms with Crippen LogP contribution in [0.2, 0.25) is 0 Å². The molecule has 0 spiro atoms. The first kappa shape index (κ1) is 11.7. The van der Waals surface area contributed by atoms with Crippen LogP contribution in [0.15, 0.2) is 40.9 Å². The summed E-state index contributed by atoms with van der Waals surface area (Å²) < 4.78 is 1.27. The molecule has 2 aromatic rings. The summed E-state index contributed by atoms with van der Waals surface area (Å²) in [7, 11) is 0. The molecule has 0 N–H and O–H groups in total. The van der Waals surface area contributed by atoms with Gasteiger partial charge in [-0.05, 0) is 42.2 Å². The Morgan fingerprint density at radius 3 is 2.44 bits per heavy atom. The topological polar surface area (TPSA) is 0 Å². The molecule has 0 atom stereocenters. The van der Waals surface area contributed by atoms with Crippen LogP contribution in [0.25, 0.3) is 17.2 Å². The zero-order valence-corrected chi connectivity index (χ0v) is 12.2. The van der Waals surface area contributed by atoms with Gasteiger partial charge in [-0.1, -0.05) is 63.5 Å². The summed E-state index contributed by atoms with van der Waals surface area (Å²) >= 11 is 3.62. The first-order valence-electron chi connectivity index (χ1n) is 6.20. The van der Waals surface area contributed by atoms with Gasteiger partial charge in [-0.3, -0.25) is 0 Å². The fraction of sp³-hybridized carbons (Fsp3) is 0.176. The normalized spacial score (nSPS) is 13.4. The van der Waals surface area contributed by atoms with Gasteiger partial charge in [-0.25, -0.2) is 0 Å². The molecule has 0 radical (unpaired) electrons. The third-order valence-electron chi connectivity index (χ3n) is 3.39. The van der Waals surface area contributed by atoms with E-state index in [-0.39, 0.29) is 0 Å². The third kappa shape index (κ3) is 2.04. The minimum absolute atomic E-state index is 1.02. The van der Waals surface area contributed by atoms with Gasteiger partial charge in [0.2, 0.25) is 0 Å². The van der Waals surface area contributed by atoms with Crippen LogP contribution < -0.4 is 0 Å². The fourth-order valence-electron chi connectivity index (χ4n) is 2.71. The van der Waals surface area contributed by atoms with Gasteiger partial charge >= 0.3 is 0 Å². The molecular weight excluding hydrogens is 284 g/mol. The van der Waals surface area contributed by atoms with Gasteiger partial charge in [0.05, 0.1) is 0 Å². The van der Waals surface area contributed by atoms with Gasteiger partial charge in [0, 0.05) is 10.9 Å². The Kier molecular flexibility index (Phi) is 2.87. The lowest BCUT2D eigenvalue weighted by atomic mass is 9.95. The van der Waals surface area contributed by atoms with Crippen molar-refractivity contribution in [2.75, 3.05) is 0 Å². The lowest BCUT2D eigenvalue weighted by Gasteiger charge is -2.09. The summed E-state index contributed by atoms with van der Waals surface area (Å²) in [5.41, 5.74) is 8.09. The van der Waals surface area contributed by atoms with E-state index in [0.29, 0.717) is 0 Å². The van der Waals surface area contributed by atoms with Crippen molar-refractivity contribution in [1.29, 1.82) is 0 Å². The molecule has 0 aliphatic heterocycles. The predicted molar refractivity (Wildman–Crippen MR) is 82.0 cm³/mol. The molecule has 0 amide bonds. The van der Waals surface area contributed by atoms with Crippen molar-refractivity contribution in [2.24, 2.45) is 0 Å². The predicted octanol–water partition coefficient (Wildman–Crippen LogP) is 5.26. The SMILES string of the molecule is Cc1cc(C)cc(-c2cccc3c2C=C(Br)C3)c1. The maximum absolute atomic E-state index is 3.62. The van der Waals surface area contributed by atoms with Crippen molar-refractivity contribution in [3.63, 3.8) is 0 Å². The number of fused-ring (bicyclic) bond motifs is 1. The lowest BCUT2D eigenvalue weighted by molar-refractivity contribution is 1.29. The Morgan fingerprint density at radius 1 is 1.00 bits per heavy atom. The van der Waals surface area contributed by atoms with Gasteiger partial charge in [0.25, 0.3) is 0 Å². The lowest BCUT2D eigenvalue weighted by Crippen LogP contribution is -1.88. The van der Waals surface area contributed by atoms with Gasteiger partial charge in [0.1, 0.15) is 0 Å². The fourth-order valence-corrected chi connectivity index (χ4v) is 3.24. The van der Waals surface area contributed by atoms with Crippen molar-refractivity contribution in [2.45, 2.75) is 20.3 Å². The third-order valence-corrected chi connectivity index (χ3v) is 3.90. The van der Waals surface area contributed by atoms with Crippen LogP contribution in [-0.4, -0.2) is 0 Å². The number of halogens is 1. The monoisotopic (exact) mass is 298 g/mol. The average molecular weight is 299 g/mol.